The van der Waals surface area contributed by atoms with Crippen LogP contribution in [-0.2, 0) is 11.3 Å². The Morgan fingerprint density at radius 3 is 2.53 bits per heavy atom. The van der Waals surface area contributed by atoms with Crippen molar-refractivity contribution in [2.24, 2.45) is 5.73 Å². The standard InChI is InChI=1S/C10H13N3O2.C2H6.3H2/c1-7(14)12-6-8-3-2-4-9(5-8)13-10(11)15;1-2;;;/h2-5H,6H2,1H3,(H,12,14)(H3,11,13,15);1-2H3;3*1H. The lowest BCUT2D eigenvalue weighted by atomic mass is 10.2. The monoisotopic (exact) mass is 243 g/mol. The molecule has 0 radical (unpaired) electrons. The third-order valence-corrected chi connectivity index (χ3v) is 1.74. The van der Waals surface area contributed by atoms with Gasteiger partial charge in [0.15, 0.2) is 0 Å². The van der Waals surface area contributed by atoms with Gasteiger partial charge >= 0.3 is 6.03 Å². The van der Waals surface area contributed by atoms with E-state index in [1.54, 1.807) is 18.2 Å². The Labute approximate surface area is 106 Å². The summed E-state index contributed by atoms with van der Waals surface area (Å²) in [7, 11) is 0. The number of carbonyl (C=O) groups excluding carboxylic acids is 2. The number of carbonyl (C=O) groups is 2. The molecular weight excluding hydrogens is 218 g/mol. The van der Waals surface area contributed by atoms with Crippen LogP contribution in [0.1, 0.15) is 30.6 Å². The first-order valence-corrected chi connectivity index (χ1v) is 5.48. The van der Waals surface area contributed by atoms with Crippen molar-refractivity contribution in [3.63, 3.8) is 0 Å². The Bertz CT molecular complexity index is 390. The third-order valence-electron chi connectivity index (χ3n) is 1.74. The van der Waals surface area contributed by atoms with Crippen LogP contribution in [0.25, 0.3) is 0 Å². The molecule has 0 aromatic heterocycles. The second-order valence-corrected chi connectivity index (χ2v) is 3.10. The number of anilines is 1. The van der Waals surface area contributed by atoms with Gasteiger partial charge in [-0.3, -0.25) is 4.79 Å². The molecular formula is C12H25N3O2. The summed E-state index contributed by atoms with van der Waals surface area (Å²) in [5, 5.41) is 5.12. The summed E-state index contributed by atoms with van der Waals surface area (Å²) in [6, 6.07) is 6.50. The molecule has 0 unspecified atom stereocenters. The van der Waals surface area contributed by atoms with E-state index in [1.807, 2.05) is 19.9 Å². The maximum atomic E-state index is 10.7. The topological polar surface area (TPSA) is 84.2 Å². The summed E-state index contributed by atoms with van der Waals surface area (Å²) in [5.41, 5.74) is 6.49. The fourth-order valence-electron chi connectivity index (χ4n) is 1.13. The first-order valence-electron chi connectivity index (χ1n) is 5.48. The molecule has 0 bridgehead atoms. The number of primary amides is 1. The number of rotatable bonds is 3. The minimum Gasteiger partial charge on any atom is -0.352 e. The van der Waals surface area contributed by atoms with Crippen molar-refractivity contribution in [2.75, 3.05) is 5.32 Å². The van der Waals surface area contributed by atoms with Crippen molar-refractivity contribution in [1.29, 1.82) is 0 Å². The van der Waals surface area contributed by atoms with Crippen molar-refractivity contribution < 1.29 is 13.9 Å². The molecule has 5 nitrogen and oxygen atoms in total. The summed E-state index contributed by atoms with van der Waals surface area (Å²) in [6.07, 6.45) is 0. The maximum absolute atomic E-state index is 10.7. The molecule has 0 aliphatic rings. The van der Waals surface area contributed by atoms with Gasteiger partial charge in [-0.2, -0.15) is 0 Å². The number of urea groups is 1. The van der Waals surface area contributed by atoms with E-state index in [0.717, 1.165) is 5.56 Å². The van der Waals surface area contributed by atoms with E-state index >= 15 is 0 Å². The van der Waals surface area contributed by atoms with E-state index in [-0.39, 0.29) is 10.2 Å². The van der Waals surface area contributed by atoms with Crippen LogP contribution in [0.15, 0.2) is 24.3 Å². The zero-order valence-electron chi connectivity index (χ0n) is 10.4. The Balaban J connectivity index is -0.000000244. The van der Waals surface area contributed by atoms with Gasteiger partial charge in [0.2, 0.25) is 5.91 Å². The predicted molar refractivity (Wildman–Crippen MR) is 74.9 cm³/mol. The second kappa shape index (κ2) is 8.15. The van der Waals surface area contributed by atoms with Crippen molar-refractivity contribution in [1.82, 2.24) is 5.32 Å². The van der Waals surface area contributed by atoms with Crippen LogP contribution in [-0.4, -0.2) is 11.9 Å². The van der Waals surface area contributed by atoms with Gasteiger partial charge in [-0.1, -0.05) is 26.0 Å². The Kier molecular flexibility index (Phi) is 7.17. The number of nitrogens with one attached hydrogen (secondary N) is 2. The van der Waals surface area contributed by atoms with Crippen molar-refractivity contribution in [2.45, 2.75) is 27.3 Å². The van der Waals surface area contributed by atoms with E-state index < -0.39 is 6.03 Å². The molecule has 100 valence electrons. The van der Waals surface area contributed by atoms with E-state index in [9.17, 15) is 9.59 Å². The molecule has 4 N–H and O–H groups in total. The van der Waals surface area contributed by atoms with Gasteiger partial charge in [-0.15, -0.1) is 0 Å². The zero-order chi connectivity index (χ0) is 13.3. The molecule has 0 spiro atoms. The number of hydrogen-bond donors (Lipinski definition) is 3. The summed E-state index contributed by atoms with van der Waals surface area (Å²) in [6.45, 7) is 5.88. The van der Waals surface area contributed by atoms with Crippen LogP contribution < -0.4 is 16.4 Å². The average Bonchev–Trinajstić information content (AvgIpc) is 2.29. The van der Waals surface area contributed by atoms with Gasteiger partial charge in [0.1, 0.15) is 0 Å². The number of benzene rings is 1. The fraction of sp³-hybridized carbons (Fsp3) is 0.333. The minimum atomic E-state index is -0.605. The molecule has 0 atom stereocenters. The van der Waals surface area contributed by atoms with Gasteiger partial charge in [-0.05, 0) is 17.7 Å². The average molecular weight is 243 g/mol. The lowest BCUT2D eigenvalue weighted by Crippen LogP contribution is -2.20. The van der Waals surface area contributed by atoms with Crippen LogP contribution >= 0.6 is 0 Å². The highest BCUT2D eigenvalue weighted by Gasteiger charge is 1.98. The molecule has 0 fully saturated rings. The lowest BCUT2D eigenvalue weighted by molar-refractivity contribution is -0.119. The number of hydrogen-bond acceptors (Lipinski definition) is 2. The quantitative estimate of drug-likeness (QED) is 0.762. The summed E-state index contributed by atoms with van der Waals surface area (Å²) >= 11 is 0. The van der Waals surface area contributed by atoms with Crippen molar-refractivity contribution >= 4 is 17.6 Å². The Morgan fingerprint density at radius 2 is 2.00 bits per heavy atom. The molecule has 0 heterocycles. The lowest BCUT2D eigenvalue weighted by Gasteiger charge is -2.05. The molecule has 3 amide bonds. The van der Waals surface area contributed by atoms with Gasteiger partial charge in [0.05, 0.1) is 0 Å². The molecule has 0 saturated carbocycles. The van der Waals surface area contributed by atoms with E-state index in [4.69, 9.17) is 5.73 Å². The first kappa shape index (κ1) is 15.0. The number of nitrogens with two attached hydrogens (primary N) is 1. The largest absolute Gasteiger partial charge is 0.352 e. The molecule has 0 aliphatic carbocycles. The Morgan fingerprint density at radius 1 is 1.35 bits per heavy atom. The molecule has 5 heteroatoms. The van der Waals surface area contributed by atoms with Crippen molar-refractivity contribution in [3.8, 4) is 0 Å². The van der Waals surface area contributed by atoms with Crippen molar-refractivity contribution in [3.05, 3.63) is 29.8 Å². The summed E-state index contributed by atoms with van der Waals surface area (Å²) in [4.78, 5) is 21.3. The second-order valence-electron chi connectivity index (χ2n) is 3.10. The molecule has 1 aromatic carbocycles. The minimum absolute atomic E-state index is 0. The van der Waals surface area contributed by atoms with Crippen LogP contribution in [0.5, 0.6) is 0 Å². The normalized spacial score (nSPS) is 8.65. The highest BCUT2D eigenvalue weighted by atomic mass is 16.2. The fourth-order valence-corrected chi connectivity index (χ4v) is 1.13. The molecule has 0 saturated heterocycles. The van der Waals surface area contributed by atoms with Crippen LogP contribution in [0.4, 0.5) is 10.5 Å². The van der Waals surface area contributed by atoms with Gasteiger partial charge < -0.3 is 16.4 Å². The first-order chi connectivity index (χ1) is 8.08. The molecule has 17 heavy (non-hydrogen) atoms. The van der Waals surface area contributed by atoms with Crippen LogP contribution in [0.3, 0.4) is 0 Å². The molecule has 1 aromatic rings. The van der Waals surface area contributed by atoms with Crippen LogP contribution in [0, 0.1) is 0 Å². The number of amides is 3. The summed E-state index contributed by atoms with van der Waals surface area (Å²) < 4.78 is 0. The van der Waals surface area contributed by atoms with Gasteiger partial charge in [0.25, 0.3) is 0 Å². The molecule has 0 aliphatic heterocycles. The van der Waals surface area contributed by atoms with E-state index in [2.05, 4.69) is 10.6 Å². The molecule has 1 rings (SSSR count). The highest BCUT2D eigenvalue weighted by Crippen LogP contribution is 2.09. The highest BCUT2D eigenvalue weighted by molar-refractivity contribution is 5.87. The zero-order valence-corrected chi connectivity index (χ0v) is 10.4. The van der Waals surface area contributed by atoms with E-state index in [0.29, 0.717) is 12.2 Å². The summed E-state index contributed by atoms with van der Waals surface area (Å²) in [5.74, 6) is -0.0942. The van der Waals surface area contributed by atoms with Crippen LogP contribution in [0.2, 0.25) is 0 Å². The maximum Gasteiger partial charge on any atom is 0.316 e. The van der Waals surface area contributed by atoms with Gasteiger partial charge in [0, 0.05) is 23.4 Å². The van der Waals surface area contributed by atoms with E-state index in [1.165, 1.54) is 6.92 Å². The third kappa shape index (κ3) is 6.94. The van der Waals surface area contributed by atoms with Gasteiger partial charge in [-0.25, -0.2) is 4.79 Å². The SMILES string of the molecule is CC.CC(=O)NCc1cccc(NC(N)=O)c1.[HH].[HH].[HH]. The predicted octanol–water partition coefficient (Wildman–Crippen LogP) is 2.58. The Hall–Kier alpha value is -2.04. The smallest absolute Gasteiger partial charge is 0.316 e.